The SMILES string of the molecule is Cc1nc(COc2ccc(Cl)cc2)sc1C(=O)N1CCNC(=O)[C@H]1C(C)C. The highest BCUT2D eigenvalue weighted by atomic mass is 35.5. The summed E-state index contributed by atoms with van der Waals surface area (Å²) in [5, 5.41) is 4.20. The van der Waals surface area contributed by atoms with Crippen molar-refractivity contribution in [2.75, 3.05) is 13.1 Å². The maximum absolute atomic E-state index is 13.1. The van der Waals surface area contributed by atoms with E-state index >= 15 is 0 Å². The van der Waals surface area contributed by atoms with E-state index in [1.54, 1.807) is 29.2 Å². The van der Waals surface area contributed by atoms with E-state index in [2.05, 4.69) is 10.3 Å². The molecule has 1 aromatic carbocycles. The molecule has 1 atom stereocenters. The first-order valence-electron chi connectivity index (χ1n) is 8.80. The Hall–Kier alpha value is -2.12. The Bertz CT molecular complexity index is 835. The van der Waals surface area contributed by atoms with Gasteiger partial charge in [0.15, 0.2) is 0 Å². The molecule has 1 aliphatic rings. The molecular formula is C19H22ClN3O3S. The van der Waals surface area contributed by atoms with Gasteiger partial charge in [0.05, 0.1) is 5.69 Å². The molecule has 1 aromatic heterocycles. The van der Waals surface area contributed by atoms with Crippen LogP contribution in [-0.4, -0.2) is 40.8 Å². The van der Waals surface area contributed by atoms with E-state index in [0.717, 1.165) is 0 Å². The van der Waals surface area contributed by atoms with Crippen LogP contribution in [0.4, 0.5) is 0 Å². The van der Waals surface area contributed by atoms with Gasteiger partial charge in [-0.05, 0) is 37.1 Å². The lowest BCUT2D eigenvalue weighted by molar-refractivity contribution is -0.129. The number of nitrogens with zero attached hydrogens (tertiary/aromatic N) is 2. The second-order valence-electron chi connectivity index (χ2n) is 6.74. The van der Waals surface area contributed by atoms with Crippen molar-refractivity contribution in [1.29, 1.82) is 0 Å². The summed E-state index contributed by atoms with van der Waals surface area (Å²) in [6.07, 6.45) is 0. The minimum Gasteiger partial charge on any atom is -0.486 e. The molecule has 0 bridgehead atoms. The molecule has 2 amide bonds. The Morgan fingerprint density at radius 2 is 2.11 bits per heavy atom. The van der Waals surface area contributed by atoms with Crippen molar-refractivity contribution in [2.45, 2.75) is 33.4 Å². The summed E-state index contributed by atoms with van der Waals surface area (Å²) in [7, 11) is 0. The summed E-state index contributed by atoms with van der Waals surface area (Å²) < 4.78 is 5.72. The molecule has 1 aliphatic heterocycles. The molecule has 3 rings (SSSR count). The predicted octanol–water partition coefficient (Wildman–Crippen LogP) is 3.28. The van der Waals surface area contributed by atoms with Gasteiger partial charge < -0.3 is 15.0 Å². The standard InChI is InChI=1S/C19H22ClN3O3S/c1-11(2)16-18(24)21-8-9-23(16)19(25)17-12(3)22-15(27-17)10-26-14-6-4-13(20)5-7-14/h4-7,11,16H,8-10H2,1-3H3,(H,21,24)/t16-/m1/s1. The minimum atomic E-state index is -0.457. The summed E-state index contributed by atoms with van der Waals surface area (Å²) >= 11 is 7.18. The number of carbonyl (C=O) groups excluding carboxylic acids is 2. The second kappa shape index (κ2) is 8.27. The van der Waals surface area contributed by atoms with Crippen LogP contribution < -0.4 is 10.1 Å². The van der Waals surface area contributed by atoms with Crippen molar-refractivity contribution in [3.63, 3.8) is 0 Å². The van der Waals surface area contributed by atoms with Gasteiger partial charge in [-0.2, -0.15) is 0 Å². The number of hydrogen-bond acceptors (Lipinski definition) is 5. The Labute approximate surface area is 167 Å². The van der Waals surface area contributed by atoms with E-state index in [4.69, 9.17) is 16.3 Å². The van der Waals surface area contributed by atoms with Gasteiger partial charge in [0.1, 0.15) is 28.3 Å². The van der Waals surface area contributed by atoms with Gasteiger partial charge in [0.2, 0.25) is 5.91 Å². The van der Waals surface area contributed by atoms with E-state index in [-0.39, 0.29) is 24.3 Å². The van der Waals surface area contributed by atoms with Crippen LogP contribution in [0, 0.1) is 12.8 Å². The fourth-order valence-corrected chi connectivity index (χ4v) is 4.15. The van der Waals surface area contributed by atoms with Crippen LogP contribution in [0.25, 0.3) is 0 Å². The van der Waals surface area contributed by atoms with Gasteiger partial charge >= 0.3 is 0 Å². The zero-order valence-electron chi connectivity index (χ0n) is 15.5. The fraction of sp³-hybridized carbons (Fsp3) is 0.421. The number of amides is 2. The van der Waals surface area contributed by atoms with E-state index in [1.807, 2.05) is 20.8 Å². The number of thiazole rings is 1. The maximum atomic E-state index is 13.1. The quantitative estimate of drug-likeness (QED) is 0.825. The summed E-state index contributed by atoms with van der Waals surface area (Å²) in [6.45, 7) is 6.94. The molecule has 144 valence electrons. The highest BCUT2D eigenvalue weighted by Gasteiger charge is 2.36. The first-order chi connectivity index (χ1) is 12.9. The lowest BCUT2D eigenvalue weighted by Gasteiger charge is -2.37. The summed E-state index contributed by atoms with van der Waals surface area (Å²) in [4.78, 5) is 32.0. The molecule has 1 saturated heterocycles. The number of rotatable bonds is 5. The first kappa shape index (κ1) is 19.6. The highest BCUT2D eigenvalue weighted by Crippen LogP contribution is 2.25. The fourth-order valence-electron chi connectivity index (χ4n) is 3.09. The van der Waals surface area contributed by atoms with Gasteiger partial charge in [-0.1, -0.05) is 25.4 Å². The first-order valence-corrected chi connectivity index (χ1v) is 9.99. The summed E-state index contributed by atoms with van der Waals surface area (Å²) in [5.41, 5.74) is 0.660. The molecule has 6 nitrogen and oxygen atoms in total. The molecule has 2 aromatic rings. The van der Waals surface area contributed by atoms with Crippen molar-refractivity contribution in [2.24, 2.45) is 5.92 Å². The molecule has 1 N–H and O–H groups in total. The van der Waals surface area contributed by atoms with E-state index in [0.29, 0.717) is 39.4 Å². The summed E-state index contributed by atoms with van der Waals surface area (Å²) in [6, 6.07) is 6.63. The number of carbonyl (C=O) groups is 2. The third-order valence-electron chi connectivity index (χ3n) is 4.36. The number of hydrogen-bond donors (Lipinski definition) is 1. The second-order valence-corrected chi connectivity index (χ2v) is 8.26. The zero-order chi connectivity index (χ0) is 19.6. The Morgan fingerprint density at radius 1 is 1.41 bits per heavy atom. The number of nitrogens with one attached hydrogen (secondary N) is 1. The number of aromatic nitrogens is 1. The molecule has 0 saturated carbocycles. The topological polar surface area (TPSA) is 71.5 Å². The van der Waals surface area contributed by atoms with Gasteiger partial charge in [-0.25, -0.2) is 4.98 Å². The molecule has 1 fully saturated rings. The highest BCUT2D eigenvalue weighted by molar-refractivity contribution is 7.13. The molecule has 2 heterocycles. The largest absolute Gasteiger partial charge is 0.486 e. The van der Waals surface area contributed by atoms with Crippen LogP contribution in [0.15, 0.2) is 24.3 Å². The maximum Gasteiger partial charge on any atom is 0.266 e. The molecule has 0 aliphatic carbocycles. The van der Waals surface area contributed by atoms with Gasteiger partial charge in [0.25, 0.3) is 5.91 Å². The van der Waals surface area contributed by atoms with Gasteiger partial charge in [-0.3, -0.25) is 9.59 Å². The van der Waals surface area contributed by atoms with Crippen LogP contribution in [0.3, 0.4) is 0 Å². The van der Waals surface area contributed by atoms with Gasteiger partial charge in [0, 0.05) is 18.1 Å². The van der Waals surface area contributed by atoms with Crippen LogP contribution in [0.5, 0.6) is 5.75 Å². The Morgan fingerprint density at radius 3 is 2.78 bits per heavy atom. The average Bonchev–Trinajstić information content (AvgIpc) is 3.00. The molecule has 8 heteroatoms. The van der Waals surface area contributed by atoms with Gasteiger partial charge in [-0.15, -0.1) is 11.3 Å². The minimum absolute atomic E-state index is 0.0372. The summed E-state index contributed by atoms with van der Waals surface area (Å²) in [5.74, 6) is 0.484. The van der Waals surface area contributed by atoms with E-state index < -0.39 is 6.04 Å². The normalized spacial score (nSPS) is 17.1. The number of benzene rings is 1. The third-order valence-corrected chi connectivity index (χ3v) is 5.73. The zero-order valence-corrected chi connectivity index (χ0v) is 17.1. The predicted molar refractivity (Wildman–Crippen MR) is 105 cm³/mol. The molecule has 0 radical (unpaired) electrons. The van der Waals surface area contributed by atoms with E-state index in [9.17, 15) is 9.59 Å². The smallest absolute Gasteiger partial charge is 0.266 e. The monoisotopic (exact) mass is 407 g/mol. The Balaban J connectivity index is 1.74. The molecule has 0 spiro atoms. The molecular weight excluding hydrogens is 386 g/mol. The number of ether oxygens (including phenoxy) is 1. The van der Waals surface area contributed by atoms with Crippen molar-refractivity contribution in [3.8, 4) is 5.75 Å². The van der Waals surface area contributed by atoms with Crippen LogP contribution in [-0.2, 0) is 11.4 Å². The van der Waals surface area contributed by atoms with Crippen LogP contribution in [0.2, 0.25) is 5.02 Å². The van der Waals surface area contributed by atoms with E-state index in [1.165, 1.54) is 11.3 Å². The van der Waals surface area contributed by atoms with Crippen molar-refractivity contribution in [1.82, 2.24) is 15.2 Å². The third kappa shape index (κ3) is 4.42. The number of halogens is 1. The van der Waals surface area contributed by atoms with Crippen LogP contribution in [0.1, 0.15) is 34.2 Å². The van der Waals surface area contributed by atoms with Crippen LogP contribution >= 0.6 is 22.9 Å². The average molecular weight is 408 g/mol. The number of aryl methyl sites for hydroxylation is 1. The van der Waals surface area contributed by atoms with Crippen molar-refractivity contribution >= 4 is 34.8 Å². The van der Waals surface area contributed by atoms with Crippen molar-refractivity contribution < 1.29 is 14.3 Å². The lowest BCUT2D eigenvalue weighted by Crippen LogP contribution is -2.59. The lowest BCUT2D eigenvalue weighted by atomic mass is 9.99. The Kier molecular flexibility index (Phi) is 6.01. The molecule has 0 unspecified atom stereocenters. The molecule has 27 heavy (non-hydrogen) atoms. The number of piperazine rings is 1. The van der Waals surface area contributed by atoms with Crippen molar-refractivity contribution in [3.05, 3.63) is 44.9 Å².